The molecule has 0 bridgehead atoms. The molecule has 20 heavy (non-hydrogen) atoms. The van der Waals surface area contributed by atoms with Gasteiger partial charge in [0, 0.05) is 25.5 Å². The van der Waals surface area contributed by atoms with Crippen molar-refractivity contribution in [2.75, 3.05) is 6.54 Å². The van der Waals surface area contributed by atoms with Crippen LogP contribution in [0.3, 0.4) is 0 Å². The zero-order chi connectivity index (χ0) is 15.2. The van der Waals surface area contributed by atoms with Gasteiger partial charge >= 0.3 is 0 Å². The van der Waals surface area contributed by atoms with Crippen molar-refractivity contribution < 1.29 is 13.5 Å². The van der Waals surface area contributed by atoms with Crippen molar-refractivity contribution in [2.45, 2.75) is 51.0 Å². The molecule has 2 N–H and O–H groups in total. The van der Waals surface area contributed by atoms with Crippen LogP contribution in [0, 0.1) is 5.92 Å². The molecular formula is C14H26N2O3S. The molecule has 0 saturated carbocycles. The summed E-state index contributed by atoms with van der Waals surface area (Å²) in [4.78, 5) is 0.217. The van der Waals surface area contributed by atoms with Crippen molar-refractivity contribution in [3.8, 4) is 0 Å². The molecule has 0 aliphatic heterocycles. The highest BCUT2D eigenvalue weighted by Crippen LogP contribution is 2.16. The first-order chi connectivity index (χ1) is 9.44. The summed E-state index contributed by atoms with van der Waals surface area (Å²) in [5.74, 6) is 0.380. The van der Waals surface area contributed by atoms with E-state index in [-0.39, 0.29) is 11.5 Å². The summed E-state index contributed by atoms with van der Waals surface area (Å²) in [6.45, 7) is 4.53. The van der Waals surface area contributed by atoms with E-state index in [1.165, 1.54) is 12.3 Å². The van der Waals surface area contributed by atoms with Crippen molar-refractivity contribution in [2.24, 2.45) is 13.0 Å². The van der Waals surface area contributed by atoms with Crippen LogP contribution in [0.25, 0.3) is 0 Å². The number of aromatic nitrogens is 1. The second kappa shape index (κ2) is 7.81. The standard InChI is InChI=1S/C14H26N2O3S/c1-4-6-7-12(5-2)9-15-20(18,19)14-8-13(11-17)16(3)10-14/h8,10,12,15,17H,4-7,9,11H2,1-3H3. The highest BCUT2D eigenvalue weighted by atomic mass is 32.2. The number of aliphatic hydroxyl groups is 1. The van der Waals surface area contributed by atoms with Crippen LogP contribution in [0.1, 0.15) is 45.2 Å². The lowest BCUT2D eigenvalue weighted by atomic mass is 10.00. The highest BCUT2D eigenvalue weighted by molar-refractivity contribution is 7.89. The first-order valence-corrected chi connectivity index (χ1v) is 8.68. The summed E-state index contributed by atoms with van der Waals surface area (Å²) in [6, 6.07) is 1.51. The summed E-state index contributed by atoms with van der Waals surface area (Å²) in [6.07, 6.45) is 5.80. The van der Waals surface area contributed by atoms with Gasteiger partial charge in [-0.2, -0.15) is 0 Å². The third-order valence-electron chi connectivity index (χ3n) is 3.66. The predicted octanol–water partition coefficient (Wildman–Crippen LogP) is 2.01. The first kappa shape index (κ1) is 17.2. The van der Waals surface area contributed by atoms with E-state index in [1.54, 1.807) is 11.6 Å². The van der Waals surface area contributed by atoms with Crippen LogP contribution >= 0.6 is 0 Å². The van der Waals surface area contributed by atoms with Gasteiger partial charge in [0.05, 0.1) is 11.5 Å². The van der Waals surface area contributed by atoms with Gasteiger partial charge in [0.15, 0.2) is 0 Å². The minimum Gasteiger partial charge on any atom is -0.390 e. The van der Waals surface area contributed by atoms with Crippen LogP contribution in [-0.2, 0) is 23.7 Å². The third-order valence-corrected chi connectivity index (χ3v) is 5.05. The fraction of sp³-hybridized carbons (Fsp3) is 0.714. The Kier molecular flexibility index (Phi) is 6.71. The summed E-state index contributed by atoms with van der Waals surface area (Å²) in [7, 11) is -1.76. The van der Waals surface area contributed by atoms with Gasteiger partial charge < -0.3 is 9.67 Å². The molecule has 116 valence electrons. The van der Waals surface area contributed by atoms with Crippen LogP contribution in [-0.4, -0.2) is 24.6 Å². The highest BCUT2D eigenvalue weighted by Gasteiger charge is 2.18. The quantitative estimate of drug-likeness (QED) is 0.733. The Morgan fingerprint density at radius 1 is 1.40 bits per heavy atom. The van der Waals surface area contributed by atoms with E-state index in [9.17, 15) is 8.42 Å². The van der Waals surface area contributed by atoms with Crippen LogP contribution in [0.15, 0.2) is 17.2 Å². The molecule has 1 unspecified atom stereocenters. The maximum absolute atomic E-state index is 12.2. The fourth-order valence-corrected chi connectivity index (χ4v) is 3.35. The minimum atomic E-state index is -3.48. The molecule has 0 aliphatic carbocycles. The predicted molar refractivity (Wildman–Crippen MR) is 79.8 cm³/mol. The molecule has 0 saturated heterocycles. The molecule has 0 fully saturated rings. The lowest BCUT2D eigenvalue weighted by molar-refractivity contribution is 0.272. The van der Waals surface area contributed by atoms with Gasteiger partial charge in [0.2, 0.25) is 10.0 Å². The minimum absolute atomic E-state index is 0.167. The van der Waals surface area contributed by atoms with E-state index >= 15 is 0 Å². The van der Waals surface area contributed by atoms with Gasteiger partial charge in [-0.15, -0.1) is 0 Å². The normalized spacial score (nSPS) is 13.6. The number of hydrogen-bond donors (Lipinski definition) is 2. The maximum Gasteiger partial charge on any atom is 0.242 e. The molecule has 0 amide bonds. The second-order valence-corrected chi connectivity index (χ2v) is 6.97. The second-order valence-electron chi connectivity index (χ2n) is 5.20. The number of aliphatic hydroxyl groups excluding tert-OH is 1. The SMILES string of the molecule is CCCCC(CC)CNS(=O)(=O)c1cc(CO)n(C)c1. The zero-order valence-electron chi connectivity index (χ0n) is 12.6. The van der Waals surface area contributed by atoms with Gasteiger partial charge in [-0.25, -0.2) is 13.1 Å². The van der Waals surface area contributed by atoms with Crippen molar-refractivity contribution in [3.63, 3.8) is 0 Å². The molecule has 1 atom stereocenters. The van der Waals surface area contributed by atoms with Gasteiger partial charge in [-0.1, -0.05) is 33.1 Å². The molecule has 1 aromatic heterocycles. The van der Waals surface area contributed by atoms with E-state index < -0.39 is 10.0 Å². The van der Waals surface area contributed by atoms with E-state index in [4.69, 9.17) is 5.11 Å². The molecular weight excluding hydrogens is 276 g/mol. The number of nitrogens with one attached hydrogen (secondary N) is 1. The molecule has 0 radical (unpaired) electrons. The van der Waals surface area contributed by atoms with Crippen molar-refractivity contribution in [1.29, 1.82) is 0 Å². The zero-order valence-corrected chi connectivity index (χ0v) is 13.4. The Labute approximate surface area is 122 Å². The van der Waals surface area contributed by atoms with Crippen molar-refractivity contribution in [3.05, 3.63) is 18.0 Å². The van der Waals surface area contributed by atoms with Crippen LogP contribution < -0.4 is 4.72 Å². The molecule has 1 heterocycles. The topological polar surface area (TPSA) is 71.3 Å². The largest absolute Gasteiger partial charge is 0.390 e. The number of unbranched alkanes of at least 4 members (excludes halogenated alkanes) is 1. The van der Waals surface area contributed by atoms with E-state index in [1.807, 2.05) is 0 Å². The lowest BCUT2D eigenvalue weighted by Gasteiger charge is -2.14. The molecule has 0 spiro atoms. The van der Waals surface area contributed by atoms with Crippen molar-refractivity contribution >= 4 is 10.0 Å². The maximum atomic E-state index is 12.2. The average Bonchev–Trinajstić information content (AvgIpc) is 2.81. The summed E-state index contributed by atoms with van der Waals surface area (Å²) >= 11 is 0. The first-order valence-electron chi connectivity index (χ1n) is 7.20. The van der Waals surface area contributed by atoms with Gasteiger partial charge in [-0.05, 0) is 18.4 Å². The Balaban J connectivity index is 2.69. The number of nitrogens with zero attached hydrogens (tertiary/aromatic N) is 1. The van der Waals surface area contributed by atoms with Crippen LogP contribution in [0.2, 0.25) is 0 Å². The molecule has 0 aromatic carbocycles. The monoisotopic (exact) mass is 302 g/mol. The number of rotatable bonds is 9. The molecule has 6 heteroatoms. The summed E-state index contributed by atoms with van der Waals surface area (Å²) in [5, 5.41) is 9.11. The Morgan fingerprint density at radius 2 is 2.10 bits per heavy atom. The van der Waals surface area contributed by atoms with Gasteiger partial charge in [-0.3, -0.25) is 0 Å². The smallest absolute Gasteiger partial charge is 0.242 e. The Bertz CT molecular complexity index is 508. The van der Waals surface area contributed by atoms with Crippen LogP contribution in [0.4, 0.5) is 0 Å². The van der Waals surface area contributed by atoms with E-state index in [0.717, 1.165) is 25.7 Å². The van der Waals surface area contributed by atoms with Crippen molar-refractivity contribution in [1.82, 2.24) is 9.29 Å². The number of sulfonamides is 1. The number of aryl methyl sites for hydroxylation is 1. The van der Waals surface area contributed by atoms with Gasteiger partial charge in [0.25, 0.3) is 0 Å². The van der Waals surface area contributed by atoms with Crippen LogP contribution in [0.5, 0.6) is 0 Å². The van der Waals surface area contributed by atoms with E-state index in [2.05, 4.69) is 18.6 Å². The summed E-state index contributed by atoms with van der Waals surface area (Å²) < 4.78 is 28.7. The third kappa shape index (κ3) is 4.61. The lowest BCUT2D eigenvalue weighted by Crippen LogP contribution is -2.29. The Morgan fingerprint density at radius 3 is 2.60 bits per heavy atom. The summed E-state index contributed by atoms with van der Waals surface area (Å²) in [5.41, 5.74) is 0.586. The molecule has 0 aliphatic rings. The average molecular weight is 302 g/mol. The Hall–Kier alpha value is -0.850. The van der Waals surface area contributed by atoms with E-state index in [0.29, 0.717) is 18.2 Å². The molecule has 1 aromatic rings. The molecule has 5 nitrogen and oxygen atoms in total. The van der Waals surface area contributed by atoms with Gasteiger partial charge in [0.1, 0.15) is 0 Å². The molecule has 1 rings (SSSR count). The number of hydrogen-bond acceptors (Lipinski definition) is 3. The fourth-order valence-electron chi connectivity index (χ4n) is 2.14.